The monoisotopic (exact) mass is 383 g/mol. The van der Waals surface area contributed by atoms with Crippen molar-refractivity contribution in [3.63, 3.8) is 0 Å². The predicted molar refractivity (Wildman–Crippen MR) is 111 cm³/mol. The van der Waals surface area contributed by atoms with Gasteiger partial charge in [-0.2, -0.15) is 5.10 Å². The summed E-state index contributed by atoms with van der Waals surface area (Å²) >= 11 is 0. The number of nitrogens with zero attached hydrogens (tertiary/aromatic N) is 4. The number of hydrogen-bond acceptors (Lipinski definition) is 6. The molecule has 3 heterocycles. The lowest BCUT2D eigenvalue weighted by Gasteiger charge is -2.05. The third-order valence-corrected chi connectivity index (χ3v) is 4.85. The van der Waals surface area contributed by atoms with E-state index in [1.54, 1.807) is 0 Å². The van der Waals surface area contributed by atoms with Crippen molar-refractivity contribution >= 4 is 34.0 Å². The first-order valence-electron chi connectivity index (χ1n) is 9.26. The van der Waals surface area contributed by atoms with Gasteiger partial charge in [-0.3, -0.25) is 20.3 Å². The maximum atomic E-state index is 12.3. The zero-order chi connectivity index (χ0) is 19.6. The summed E-state index contributed by atoms with van der Waals surface area (Å²) in [5, 5.41) is 17.8. The van der Waals surface area contributed by atoms with Crippen LogP contribution < -0.4 is 10.7 Å². The van der Waals surface area contributed by atoms with Crippen molar-refractivity contribution in [1.82, 2.24) is 20.4 Å². The van der Waals surface area contributed by atoms with Gasteiger partial charge in [0.25, 0.3) is 5.91 Å². The van der Waals surface area contributed by atoms with Crippen molar-refractivity contribution < 1.29 is 4.79 Å². The number of aryl methyl sites for hydroxylation is 2. The lowest BCUT2D eigenvalue weighted by atomic mass is 10.1. The van der Waals surface area contributed by atoms with Gasteiger partial charge >= 0.3 is 0 Å². The number of aromatic nitrogens is 4. The van der Waals surface area contributed by atoms with Crippen molar-refractivity contribution in [3.8, 4) is 0 Å². The average Bonchev–Trinajstić information content (AvgIpc) is 3.35. The van der Waals surface area contributed by atoms with Gasteiger partial charge in [0, 0.05) is 11.9 Å². The number of aromatic amines is 1. The van der Waals surface area contributed by atoms with E-state index < -0.39 is 0 Å². The SMILES string of the molecule is O=C1Nc2ccc3[nH]nnc3c2/C1=N/Nc1ccc(CCc2ccccn2)cc1. The van der Waals surface area contributed by atoms with Crippen LogP contribution in [0.5, 0.6) is 0 Å². The Morgan fingerprint density at radius 3 is 2.72 bits per heavy atom. The number of carbonyl (C=O) groups is 1. The number of pyridine rings is 1. The van der Waals surface area contributed by atoms with Gasteiger partial charge in [0.1, 0.15) is 5.52 Å². The summed E-state index contributed by atoms with van der Waals surface area (Å²) in [4.78, 5) is 16.7. The molecule has 0 bridgehead atoms. The Bertz CT molecular complexity index is 1210. The largest absolute Gasteiger partial charge is 0.320 e. The molecular formula is C21H17N7O. The average molecular weight is 383 g/mol. The van der Waals surface area contributed by atoms with E-state index in [1.165, 1.54) is 5.56 Å². The molecule has 142 valence electrons. The highest BCUT2D eigenvalue weighted by atomic mass is 16.2. The smallest absolute Gasteiger partial charge is 0.276 e. The molecule has 0 atom stereocenters. The van der Waals surface area contributed by atoms with Gasteiger partial charge in [-0.25, -0.2) is 0 Å². The molecule has 5 rings (SSSR count). The summed E-state index contributed by atoms with van der Waals surface area (Å²) in [5.41, 5.74) is 9.05. The second-order valence-electron chi connectivity index (χ2n) is 6.74. The molecular weight excluding hydrogens is 366 g/mol. The van der Waals surface area contributed by atoms with Gasteiger partial charge in [0.2, 0.25) is 0 Å². The highest BCUT2D eigenvalue weighted by Gasteiger charge is 2.29. The van der Waals surface area contributed by atoms with Crippen molar-refractivity contribution in [2.24, 2.45) is 5.10 Å². The fraction of sp³-hybridized carbons (Fsp3) is 0.0952. The first-order chi connectivity index (χ1) is 14.3. The van der Waals surface area contributed by atoms with Gasteiger partial charge in [0.05, 0.1) is 22.5 Å². The molecule has 8 nitrogen and oxygen atoms in total. The lowest BCUT2D eigenvalue weighted by molar-refractivity contribution is -0.110. The van der Waals surface area contributed by atoms with E-state index in [4.69, 9.17) is 0 Å². The first-order valence-corrected chi connectivity index (χ1v) is 9.26. The molecule has 29 heavy (non-hydrogen) atoms. The molecule has 1 aliphatic rings. The van der Waals surface area contributed by atoms with Crippen molar-refractivity contribution in [1.29, 1.82) is 0 Å². The fourth-order valence-corrected chi connectivity index (χ4v) is 3.34. The minimum absolute atomic E-state index is 0.269. The highest BCUT2D eigenvalue weighted by Crippen LogP contribution is 2.29. The van der Waals surface area contributed by atoms with Crippen LogP contribution in [-0.4, -0.2) is 32.0 Å². The molecule has 2 aromatic heterocycles. The van der Waals surface area contributed by atoms with E-state index in [-0.39, 0.29) is 5.91 Å². The second-order valence-corrected chi connectivity index (χ2v) is 6.74. The van der Waals surface area contributed by atoms with Crippen LogP contribution in [0.25, 0.3) is 11.0 Å². The van der Waals surface area contributed by atoms with Gasteiger partial charge < -0.3 is 5.32 Å². The third kappa shape index (κ3) is 3.31. The standard InChI is InChI=1S/C21H17N7O/c29-21-20(18-16(23-21)10-11-17-19(18)27-28-25-17)26-24-15-8-5-13(6-9-15)4-7-14-3-1-2-12-22-14/h1-3,5-6,8-12,24H,4,7H2,(H,23,26,29)(H,25,27,28). The van der Waals surface area contributed by atoms with Crippen LogP contribution in [0.3, 0.4) is 0 Å². The molecule has 1 aliphatic heterocycles. The predicted octanol–water partition coefficient (Wildman–Crippen LogP) is 2.91. The summed E-state index contributed by atoms with van der Waals surface area (Å²) in [7, 11) is 0. The van der Waals surface area contributed by atoms with Gasteiger partial charge in [-0.05, 0) is 54.8 Å². The third-order valence-electron chi connectivity index (χ3n) is 4.85. The van der Waals surface area contributed by atoms with Crippen LogP contribution in [0.4, 0.5) is 11.4 Å². The molecule has 0 saturated heterocycles. The van der Waals surface area contributed by atoms with Crippen LogP contribution in [0.2, 0.25) is 0 Å². The Hall–Kier alpha value is -4.07. The molecule has 0 spiro atoms. The topological polar surface area (TPSA) is 108 Å². The quantitative estimate of drug-likeness (QED) is 0.459. The number of hydrogen-bond donors (Lipinski definition) is 3. The van der Waals surface area contributed by atoms with Crippen LogP contribution in [0.15, 0.2) is 65.9 Å². The summed E-state index contributed by atoms with van der Waals surface area (Å²) < 4.78 is 0. The molecule has 4 aromatic rings. The Morgan fingerprint density at radius 1 is 1.00 bits per heavy atom. The number of anilines is 2. The normalized spacial score (nSPS) is 14.2. The second kappa shape index (κ2) is 7.16. The molecule has 8 heteroatoms. The number of H-pyrrole nitrogens is 1. The lowest BCUT2D eigenvalue weighted by Crippen LogP contribution is -2.16. The number of carbonyl (C=O) groups excluding carboxylic acids is 1. The summed E-state index contributed by atoms with van der Waals surface area (Å²) in [5.74, 6) is -0.269. The Kier molecular flexibility index (Phi) is 4.21. The van der Waals surface area contributed by atoms with E-state index in [0.717, 1.165) is 29.7 Å². The number of nitrogens with one attached hydrogen (secondary N) is 3. The highest BCUT2D eigenvalue weighted by molar-refractivity contribution is 6.55. The van der Waals surface area contributed by atoms with Crippen LogP contribution >= 0.6 is 0 Å². The van der Waals surface area contributed by atoms with Crippen LogP contribution in [-0.2, 0) is 17.6 Å². The Labute approximate surface area is 166 Å². The fourth-order valence-electron chi connectivity index (χ4n) is 3.34. The van der Waals surface area contributed by atoms with E-state index in [2.05, 4.69) is 36.2 Å². The van der Waals surface area contributed by atoms with Crippen molar-refractivity contribution in [3.05, 3.63) is 77.6 Å². The number of hydrazone groups is 1. The maximum Gasteiger partial charge on any atom is 0.276 e. The minimum atomic E-state index is -0.269. The minimum Gasteiger partial charge on any atom is -0.320 e. The first kappa shape index (κ1) is 17.1. The maximum absolute atomic E-state index is 12.3. The Morgan fingerprint density at radius 2 is 1.90 bits per heavy atom. The van der Waals surface area contributed by atoms with Crippen LogP contribution in [0.1, 0.15) is 16.8 Å². The van der Waals surface area contributed by atoms with Gasteiger partial charge in [-0.15, -0.1) is 5.10 Å². The zero-order valence-electron chi connectivity index (χ0n) is 15.4. The molecule has 2 aromatic carbocycles. The zero-order valence-corrected chi connectivity index (χ0v) is 15.4. The number of rotatable bonds is 5. The van der Waals surface area contributed by atoms with Crippen LogP contribution in [0, 0.1) is 0 Å². The van der Waals surface area contributed by atoms with E-state index >= 15 is 0 Å². The van der Waals surface area contributed by atoms with E-state index in [1.807, 2.05) is 60.8 Å². The Balaban J connectivity index is 1.32. The molecule has 0 fully saturated rings. The van der Waals surface area contributed by atoms with Crippen molar-refractivity contribution in [2.45, 2.75) is 12.8 Å². The molecule has 1 amide bonds. The number of benzene rings is 2. The van der Waals surface area contributed by atoms with E-state index in [9.17, 15) is 4.79 Å². The summed E-state index contributed by atoms with van der Waals surface area (Å²) in [6, 6.07) is 17.6. The molecule has 0 saturated carbocycles. The number of amides is 1. The summed E-state index contributed by atoms with van der Waals surface area (Å²) in [6.07, 6.45) is 3.61. The molecule has 0 radical (unpaired) electrons. The molecule has 3 N–H and O–H groups in total. The van der Waals surface area contributed by atoms with Crippen molar-refractivity contribution in [2.75, 3.05) is 10.7 Å². The van der Waals surface area contributed by atoms with Gasteiger partial charge in [0.15, 0.2) is 5.71 Å². The summed E-state index contributed by atoms with van der Waals surface area (Å²) in [6.45, 7) is 0. The van der Waals surface area contributed by atoms with E-state index in [0.29, 0.717) is 22.5 Å². The van der Waals surface area contributed by atoms with Gasteiger partial charge in [-0.1, -0.05) is 23.4 Å². The molecule has 0 aliphatic carbocycles. The molecule has 0 unspecified atom stereocenters. The number of fused-ring (bicyclic) bond motifs is 3.